The first kappa shape index (κ1) is 17.1. The van der Waals surface area contributed by atoms with Crippen LogP contribution >= 0.6 is 23.4 Å². The van der Waals surface area contributed by atoms with Crippen molar-refractivity contribution in [3.63, 3.8) is 0 Å². The fraction of sp³-hybridized carbons (Fsp3) is 0.278. The molecular formula is C18H19ClN2O2S. The Kier molecular flexibility index (Phi) is 5.66. The number of halogens is 1. The lowest BCUT2D eigenvalue weighted by atomic mass is 10.1. The number of thioether (sulfide) groups is 1. The van der Waals surface area contributed by atoms with Gasteiger partial charge in [0.2, 0.25) is 5.91 Å². The van der Waals surface area contributed by atoms with Crippen molar-refractivity contribution in [3.05, 3.63) is 59.1 Å². The highest BCUT2D eigenvalue weighted by Crippen LogP contribution is 2.35. The predicted octanol–water partition coefficient (Wildman–Crippen LogP) is 3.75. The molecule has 0 spiro atoms. The van der Waals surface area contributed by atoms with Crippen LogP contribution < -0.4 is 15.8 Å². The number of hydrogen-bond donors (Lipinski definition) is 2. The molecule has 3 rings (SSSR count). The van der Waals surface area contributed by atoms with Gasteiger partial charge in [-0.1, -0.05) is 35.9 Å². The van der Waals surface area contributed by atoms with E-state index in [1.807, 2.05) is 42.5 Å². The maximum Gasteiger partial charge on any atom is 0.237 e. The van der Waals surface area contributed by atoms with Crippen molar-refractivity contribution in [2.45, 2.75) is 17.7 Å². The smallest absolute Gasteiger partial charge is 0.237 e. The molecular weight excluding hydrogens is 344 g/mol. The Bertz CT molecular complexity index is 726. The number of nitrogens with one attached hydrogen (secondary N) is 1. The van der Waals surface area contributed by atoms with Gasteiger partial charge in [-0.3, -0.25) is 4.79 Å². The molecule has 0 bridgehead atoms. The second-order valence-corrected chi connectivity index (χ2v) is 7.21. The van der Waals surface area contributed by atoms with Gasteiger partial charge in [-0.2, -0.15) is 0 Å². The van der Waals surface area contributed by atoms with Crippen LogP contribution in [-0.4, -0.2) is 24.2 Å². The minimum Gasteiger partial charge on any atom is -0.456 e. The van der Waals surface area contributed by atoms with Gasteiger partial charge in [-0.15, -0.1) is 11.8 Å². The van der Waals surface area contributed by atoms with Crippen molar-refractivity contribution >= 4 is 29.3 Å². The van der Waals surface area contributed by atoms with E-state index < -0.39 is 0 Å². The molecule has 1 aliphatic rings. The first-order valence-corrected chi connectivity index (χ1v) is 9.24. The zero-order valence-electron chi connectivity index (χ0n) is 13.1. The highest BCUT2D eigenvalue weighted by Gasteiger charge is 2.27. The van der Waals surface area contributed by atoms with E-state index >= 15 is 0 Å². The predicted molar refractivity (Wildman–Crippen MR) is 98.8 cm³/mol. The third kappa shape index (κ3) is 4.04. The van der Waals surface area contributed by atoms with Crippen LogP contribution in [0.4, 0.5) is 0 Å². The summed E-state index contributed by atoms with van der Waals surface area (Å²) in [5.41, 5.74) is 6.60. The molecule has 1 heterocycles. The van der Waals surface area contributed by atoms with E-state index in [2.05, 4.69) is 5.32 Å². The minimum absolute atomic E-state index is 0.00263. The molecule has 0 saturated carbocycles. The molecule has 6 heteroatoms. The molecule has 3 N–H and O–H groups in total. The van der Waals surface area contributed by atoms with Crippen LogP contribution in [0.15, 0.2) is 48.5 Å². The molecule has 1 fully saturated rings. The van der Waals surface area contributed by atoms with E-state index in [1.54, 1.807) is 17.8 Å². The third-order valence-electron chi connectivity index (χ3n) is 3.85. The van der Waals surface area contributed by atoms with E-state index in [0.717, 1.165) is 17.7 Å². The largest absolute Gasteiger partial charge is 0.456 e. The van der Waals surface area contributed by atoms with Crippen LogP contribution in [0.2, 0.25) is 5.02 Å². The molecule has 2 atom stereocenters. The number of hydrogen-bond acceptors (Lipinski definition) is 4. The first-order valence-electron chi connectivity index (χ1n) is 7.82. The normalized spacial score (nSPS) is 21.0. The van der Waals surface area contributed by atoms with Crippen molar-refractivity contribution < 1.29 is 9.53 Å². The van der Waals surface area contributed by atoms with Gasteiger partial charge in [0.1, 0.15) is 16.7 Å². The van der Waals surface area contributed by atoms with Gasteiger partial charge in [-0.05, 0) is 42.0 Å². The quantitative estimate of drug-likeness (QED) is 0.869. The molecule has 4 nitrogen and oxygen atoms in total. The summed E-state index contributed by atoms with van der Waals surface area (Å²) in [6, 6.07) is 14.9. The van der Waals surface area contributed by atoms with E-state index in [0.29, 0.717) is 23.1 Å². The van der Waals surface area contributed by atoms with E-state index in [4.69, 9.17) is 22.1 Å². The zero-order chi connectivity index (χ0) is 16.9. The maximum atomic E-state index is 12.5. The van der Waals surface area contributed by atoms with Crippen molar-refractivity contribution in [2.75, 3.05) is 12.3 Å². The number of carbonyl (C=O) groups is 1. The van der Waals surface area contributed by atoms with Gasteiger partial charge in [-0.25, -0.2) is 0 Å². The average Bonchev–Trinajstić information content (AvgIpc) is 2.78. The number of amides is 1. The van der Waals surface area contributed by atoms with E-state index in [9.17, 15) is 4.79 Å². The molecule has 2 aromatic carbocycles. The molecule has 2 aromatic rings. The standard InChI is InChI=1S/C18H19ClN2O2S/c19-15-6-1-2-7-16(15)23-14-5-3-4-12(10-14)17-18(22)21-13(11-20)8-9-24-17/h1-7,10,13,17H,8-9,11,20H2,(H,21,22)/t13-,17+/m1/s1. The Balaban J connectivity index is 1.80. The molecule has 0 aliphatic carbocycles. The van der Waals surface area contributed by atoms with Crippen molar-refractivity contribution in [2.24, 2.45) is 5.73 Å². The van der Waals surface area contributed by atoms with Crippen LogP contribution in [0.5, 0.6) is 11.5 Å². The molecule has 0 aromatic heterocycles. The number of benzene rings is 2. The van der Waals surface area contributed by atoms with E-state index in [-0.39, 0.29) is 17.2 Å². The summed E-state index contributed by atoms with van der Waals surface area (Å²) in [6.45, 7) is 0.467. The second kappa shape index (κ2) is 7.92. The zero-order valence-corrected chi connectivity index (χ0v) is 14.6. The summed E-state index contributed by atoms with van der Waals surface area (Å²) >= 11 is 7.77. The average molecular weight is 363 g/mol. The SMILES string of the molecule is NC[C@H]1CCS[C@@H](c2cccc(Oc3ccccc3Cl)c2)C(=O)N1. The molecule has 24 heavy (non-hydrogen) atoms. The summed E-state index contributed by atoms with van der Waals surface area (Å²) < 4.78 is 5.86. The second-order valence-electron chi connectivity index (χ2n) is 5.59. The number of rotatable bonds is 4. The Morgan fingerprint density at radius 2 is 2.08 bits per heavy atom. The van der Waals surface area contributed by atoms with Crippen LogP contribution in [0, 0.1) is 0 Å². The molecule has 0 unspecified atom stereocenters. The fourth-order valence-corrected chi connectivity index (χ4v) is 3.96. The van der Waals surface area contributed by atoms with Gasteiger partial charge >= 0.3 is 0 Å². The van der Waals surface area contributed by atoms with Crippen LogP contribution in [-0.2, 0) is 4.79 Å². The monoisotopic (exact) mass is 362 g/mol. The number of para-hydroxylation sites is 1. The summed E-state index contributed by atoms with van der Waals surface area (Å²) in [5, 5.41) is 3.31. The van der Waals surface area contributed by atoms with Gasteiger partial charge in [0.15, 0.2) is 0 Å². The topological polar surface area (TPSA) is 64.3 Å². The van der Waals surface area contributed by atoms with Crippen LogP contribution in [0.1, 0.15) is 17.2 Å². The van der Waals surface area contributed by atoms with Crippen molar-refractivity contribution in [1.82, 2.24) is 5.32 Å². The fourth-order valence-electron chi connectivity index (χ4n) is 2.57. The first-order chi connectivity index (χ1) is 11.7. The summed E-state index contributed by atoms with van der Waals surface area (Å²) in [5.74, 6) is 2.15. The van der Waals surface area contributed by atoms with Crippen molar-refractivity contribution in [3.8, 4) is 11.5 Å². The molecule has 1 saturated heterocycles. The lowest BCUT2D eigenvalue weighted by Crippen LogP contribution is -2.40. The molecule has 1 amide bonds. The summed E-state index contributed by atoms with van der Waals surface area (Å²) in [4.78, 5) is 12.5. The van der Waals surface area contributed by atoms with Gasteiger partial charge in [0.25, 0.3) is 0 Å². The Morgan fingerprint density at radius 3 is 2.88 bits per heavy atom. The number of nitrogens with two attached hydrogens (primary N) is 1. The molecule has 126 valence electrons. The number of carbonyl (C=O) groups excluding carboxylic acids is 1. The van der Waals surface area contributed by atoms with E-state index in [1.165, 1.54) is 0 Å². The Labute approximate surface area is 150 Å². The number of ether oxygens (including phenoxy) is 1. The Morgan fingerprint density at radius 1 is 1.25 bits per heavy atom. The minimum atomic E-state index is -0.253. The molecule has 0 radical (unpaired) electrons. The van der Waals surface area contributed by atoms with Gasteiger partial charge in [0.05, 0.1) is 5.02 Å². The maximum absolute atomic E-state index is 12.5. The van der Waals surface area contributed by atoms with Crippen molar-refractivity contribution in [1.29, 1.82) is 0 Å². The Hall–Kier alpha value is -1.69. The summed E-state index contributed by atoms with van der Waals surface area (Å²) in [6.07, 6.45) is 0.888. The lowest BCUT2D eigenvalue weighted by molar-refractivity contribution is -0.121. The van der Waals surface area contributed by atoms with Gasteiger partial charge < -0.3 is 15.8 Å². The van der Waals surface area contributed by atoms with Crippen LogP contribution in [0.3, 0.4) is 0 Å². The highest BCUT2D eigenvalue weighted by atomic mass is 35.5. The van der Waals surface area contributed by atoms with Gasteiger partial charge in [0, 0.05) is 12.6 Å². The van der Waals surface area contributed by atoms with Crippen LogP contribution in [0.25, 0.3) is 0 Å². The highest BCUT2D eigenvalue weighted by molar-refractivity contribution is 8.00. The lowest BCUT2D eigenvalue weighted by Gasteiger charge is -2.16. The third-order valence-corrected chi connectivity index (χ3v) is 5.45. The molecule has 1 aliphatic heterocycles. The summed E-state index contributed by atoms with van der Waals surface area (Å²) in [7, 11) is 0.